The van der Waals surface area contributed by atoms with E-state index >= 15 is 0 Å². The minimum absolute atomic E-state index is 0.235. The van der Waals surface area contributed by atoms with Gasteiger partial charge in [0.1, 0.15) is 0 Å². The van der Waals surface area contributed by atoms with Crippen molar-refractivity contribution < 1.29 is 4.79 Å². The molecule has 122 valence electrons. The highest BCUT2D eigenvalue weighted by atomic mass is 32.2. The van der Waals surface area contributed by atoms with Crippen LogP contribution < -0.4 is 5.32 Å². The van der Waals surface area contributed by atoms with Crippen molar-refractivity contribution in [2.75, 3.05) is 6.26 Å². The van der Waals surface area contributed by atoms with Crippen molar-refractivity contribution >= 4 is 17.7 Å². The lowest BCUT2D eigenvalue weighted by molar-refractivity contribution is -0.135. The van der Waals surface area contributed by atoms with Crippen molar-refractivity contribution in [3.63, 3.8) is 0 Å². The predicted molar refractivity (Wildman–Crippen MR) is 91.5 cm³/mol. The van der Waals surface area contributed by atoms with E-state index < -0.39 is 0 Å². The van der Waals surface area contributed by atoms with Gasteiger partial charge in [0.05, 0.1) is 11.7 Å². The molecule has 21 heavy (non-hydrogen) atoms. The monoisotopic (exact) mass is 312 g/mol. The second-order valence-electron chi connectivity index (χ2n) is 7.35. The molecule has 1 aliphatic carbocycles. The molecule has 0 spiro atoms. The summed E-state index contributed by atoms with van der Waals surface area (Å²) in [5, 5.41) is 4.44. The third-order valence-corrected chi connectivity index (χ3v) is 6.44. The minimum atomic E-state index is -0.351. The molecule has 4 heteroatoms. The van der Waals surface area contributed by atoms with Crippen LogP contribution in [0.15, 0.2) is 0 Å². The summed E-state index contributed by atoms with van der Waals surface area (Å²) in [4.78, 5) is 15.2. The Kier molecular flexibility index (Phi) is 5.64. The zero-order chi connectivity index (χ0) is 15.6. The van der Waals surface area contributed by atoms with Gasteiger partial charge in [0, 0.05) is 11.3 Å². The number of carbonyl (C=O) groups is 1. The number of carbonyl (C=O) groups excluding carboxylic acids is 1. The van der Waals surface area contributed by atoms with Gasteiger partial charge in [-0.3, -0.25) is 10.1 Å². The molecule has 1 saturated carbocycles. The third kappa shape index (κ3) is 3.58. The maximum Gasteiger partial charge on any atom is 0.244 e. The van der Waals surface area contributed by atoms with Crippen molar-refractivity contribution in [2.24, 2.45) is 5.92 Å². The number of rotatable bonds is 5. The Labute approximate surface area is 134 Å². The van der Waals surface area contributed by atoms with Crippen molar-refractivity contribution in [3.05, 3.63) is 0 Å². The predicted octanol–water partition coefficient (Wildman–Crippen LogP) is 3.63. The molecular weight excluding hydrogens is 280 g/mol. The standard InChI is InChI=1S/C17H32N2OS/c1-6-17(4)16(20)19(15(18-17)11-12(2)3)13-7-9-14(21-5)10-8-13/h12-15,18H,6-11H2,1-5H3. The Morgan fingerprint density at radius 1 is 1.33 bits per heavy atom. The lowest BCUT2D eigenvalue weighted by atomic mass is 9.92. The zero-order valence-electron chi connectivity index (χ0n) is 14.3. The molecule has 1 heterocycles. The van der Waals surface area contributed by atoms with Crippen LogP contribution in [0.25, 0.3) is 0 Å². The van der Waals surface area contributed by atoms with Crippen molar-refractivity contribution in [2.45, 2.75) is 89.2 Å². The first-order chi connectivity index (χ1) is 9.91. The summed E-state index contributed by atoms with van der Waals surface area (Å²) in [6.45, 7) is 8.69. The number of nitrogens with zero attached hydrogens (tertiary/aromatic N) is 1. The summed E-state index contributed by atoms with van der Waals surface area (Å²) in [7, 11) is 0. The Balaban J connectivity index is 2.11. The Hall–Kier alpha value is -0.220. The maximum absolute atomic E-state index is 13.0. The van der Waals surface area contributed by atoms with Gasteiger partial charge >= 0.3 is 0 Å². The molecule has 2 rings (SSSR count). The van der Waals surface area contributed by atoms with Gasteiger partial charge in [-0.2, -0.15) is 11.8 Å². The largest absolute Gasteiger partial charge is 0.323 e. The van der Waals surface area contributed by atoms with Crippen LogP contribution in [-0.2, 0) is 4.79 Å². The molecule has 0 bridgehead atoms. The van der Waals surface area contributed by atoms with Crippen LogP contribution in [0, 0.1) is 5.92 Å². The van der Waals surface area contributed by atoms with E-state index in [9.17, 15) is 4.79 Å². The first-order valence-electron chi connectivity index (χ1n) is 8.54. The second kappa shape index (κ2) is 6.91. The van der Waals surface area contributed by atoms with E-state index in [1.54, 1.807) is 0 Å². The van der Waals surface area contributed by atoms with Gasteiger partial charge in [-0.15, -0.1) is 0 Å². The van der Waals surface area contributed by atoms with E-state index in [0.717, 1.165) is 18.1 Å². The minimum Gasteiger partial charge on any atom is -0.323 e. The van der Waals surface area contributed by atoms with E-state index in [1.807, 2.05) is 11.8 Å². The summed E-state index contributed by atoms with van der Waals surface area (Å²) in [5.41, 5.74) is -0.351. The molecule has 0 aromatic heterocycles. The fraction of sp³-hybridized carbons (Fsp3) is 0.941. The van der Waals surface area contributed by atoms with E-state index in [-0.39, 0.29) is 11.7 Å². The Bertz CT molecular complexity index is 366. The lowest BCUT2D eigenvalue weighted by Crippen LogP contribution is -2.47. The first kappa shape index (κ1) is 17.1. The van der Waals surface area contributed by atoms with Crippen LogP contribution in [-0.4, -0.2) is 40.1 Å². The average molecular weight is 313 g/mol. The Morgan fingerprint density at radius 2 is 1.95 bits per heavy atom. The van der Waals surface area contributed by atoms with Gasteiger partial charge in [-0.1, -0.05) is 20.8 Å². The summed E-state index contributed by atoms with van der Waals surface area (Å²) in [6, 6.07) is 0.450. The van der Waals surface area contributed by atoms with E-state index in [0.29, 0.717) is 17.9 Å². The Morgan fingerprint density at radius 3 is 2.43 bits per heavy atom. The van der Waals surface area contributed by atoms with Crippen molar-refractivity contribution in [1.82, 2.24) is 10.2 Å². The molecule has 0 radical (unpaired) electrons. The average Bonchev–Trinajstić information content (AvgIpc) is 2.70. The van der Waals surface area contributed by atoms with Crippen LogP contribution in [0.5, 0.6) is 0 Å². The molecule has 1 saturated heterocycles. The highest BCUT2D eigenvalue weighted by Crippen LogP contribution is 2.35. The number of amides is 1. The van der Waals surface area contributed by atoms with Gasteiger partial charge in [-0.05, 0) is 57.6 Å². The number of hydrogen-bond acceptors (Lipinski definition) is 3. The molecule has 3 nitrogen and oxygen atoms in total. The van der Waals surface area contributed by atoms with E-state index in [1.165, 1.54) is 25.7 Å². The fourth-order valence-corrected chi connectivity index (χ4v) is 4.52. The smallest absolute Gasteiger partial charge is 0.244 e. The molecule has 2 atom stereocenters. The highest BCUT2D eigenvalue weighted by molar-refractivity contribution is 7.99. The fourth-order valence-electron chi connectivity index (χ4n) is 3.78. The van der Waals surface area contributed by atoms with Gasteiger partial charge in [0.2, 0.25) is 5.91 Å². The molecule has 1 amide bonds. The molecule has 2 fully saturated rings. The number of thioether (sulfide) groups is 1. The topological polar surface area (TPSA) is 32.3 Å². The number of hydrogen-bond donors (Lipinski definition) is 1. The molecule has 0 aromatic carbocycles. The highest BCUT2D eigenvalue weighted by Gasteiger charge is 2.49. The molecule has 1 aliphatic heterocycles. The van der Waals surface area contributed by atoms with Crippen molar-refractivity contribution in [3.8, 4) is 0 Å². The quantitative estimate of drug-likeness (QED) is 0.841. The van der Waals surface area contributed by atoms with Crippen molar-refractivity contribution in [1.29, 1.82) is 0 Å². The third-order valence-electron chi connectivity index (χ3n) is 5.30. The zero-order valence-corrected chi connectivity index (χ0v) is 15.1. The molecule has 1 N–H and O–H groups in total. The molecule has 2 aliphatic rings. The summed E-state index contributed by atoms with van der Waals surface area (Å²) in [6.07, 6.45) is 9.24. The molecule has 2 unspecified atom stereocenters. The van der Waals surface area contributed by atoms with Crippen LogP contribution >= 0.6 is 11.8 Å². The first-order valence-corrected chi connectivity index (χ1v) is 9.83. The summed E-state index contributed by atoms with van der Waals surface area (Å²) < 4.78 is 0. The van der Waals surface area contributed by atoms with Crippen LogP contribution in [0.1, 0.15) is 66.2 Å². The number of nitrogens with one attached hydrogen (secondary N) is 1. The summed E-state index contributed by atoms with van der Waals surface area (Å²) >= 11 is 1.99. The van der Waals surface area contributed by atoms with Gasteiger partial charge in [-0.25, -0.2) is 0 Å². The maximum atomic E-state index is 13.0. The van der Waals surface area contributed by atoms with E-state index in [4.69, 9.17) is 0 Å². The normalized spacial score (nSPS) is 37.5. The van der Waals surface area contributed by atoms with Gasteiger partial charge in [0.15, 0.2) is 0 Å². The van der Waals surface area contributed by atoms with Crippen LogP contribution in [0.3, 0.4) is 0 Å². The van der Waals surface area contributed by atoms with Gasteiger partial charge in [0.25, 0.3) is 0 Å². The molecule has 0 aromatic rings. The van der Waals surface area contributed by atoms with Crippen LogP contribution in [0.4, 0.5) is 0 Å². The SMILES string of the molecule is CCC1(C)NC(CC(C)C)N(C2CCC(SC)CC2)C1=O. The molecular formula is C17H32N2OS. The lowest BCUT2D eigenvalue weighted by Gasteiger charge is -2.38. The second-order valence-corrected chi connectivity index (χ2v) is 8.49. The van der Waals surface area contributed by atoms with Gasteiger partial charge < -0.3 is 4.90 Å². The van der Waals surface area contributed by atoms with E-state index in [2.05, 4.69) is 44.2 Å². The van der Waals surface area contributed by atoms with Crippen LogP contribution in [0.2, 0.25) is 0 Å². The summed E-state index contributed by atoms with van der Waals surface area (Å²) in [5.74, 6) is 0.947.